The molecule has 0 radical (unpaired) electrons. The highest BCUT2D eigenvalue weighted by atomic mass is 19.1. The first-order valence-corrected chi connectivity index (χ1v) is 6.65. The first-order valence-electron chi connectivity index (χ1n) is 6.65. The zero-order valence-corrected chi connectivity index (χ0v) is 11.7. The highest BCUT2D eigenvalue weighted by Crippen LogP contribution is 2.18. The van der Waals surface area contributed by atoms with Crippen molar-refractivity contribution in [3.63, 3.8) is 0 Å². The molecule has 0 fully saturated rings. The molecule has 0 aliphatic carbocycles. The Morgan fingerprint density at radius 3 is 2.32 bits per heavy atom. The third kappa shape index (κ3) is 3.57. The second-order valence-corrected chi connectivity index (χ2v) is 5.21. The number of nitrogens with one attached hydrogen (secondary N) is 1. The molecule has 0 amide bonds. The minimum absolute atomic E-state index is 0.144. The Morgan fingerprint density at radius 1 is 1.05 bits per heavy atom. The summed E-state index contributed by atoms with van der Waals surface area (Å²) >= 11 is 0. The molecule has 0 saturated heterocycles. The lowest BCUT2D eigenvalue weighted by Crippen LogP contribution is -2.00. The average molecular weight is 257 g/mol. The molecule has 100 valence electrons. The summed E-state index contributed by atoms with van der Waals surface area (Å²) in [6.45, 7) is 6.77. The van der Waals surface area contributed by atoms with Crippen LogP contribution in [0.5, 0.6) is 0 Å². The van der Waals surface area contributed by atoms with Crippen molar-refractivity contribution >= 4 is 5.69 Å². The van der Waals surface area contributed by atoms with Gasteiger partial charge in [0.1, 0.15) is 5.82 Å². The quantitative estimate of drug-likeness (QED) is 0.824. The molecule has 1 N–H and O–H groups in total. The monoisotopic (exact) mass is 257 g/mol. The van der Waals surface area contributed by atoms with Crippen molar-refractivity contribution in [3.8, 4) is 0 Å². The van der Waals surface area contributed by atoms with Gasteiger partial charge in [-0.2, -0.15) is 0 Å². The summed E-state index contributed by atoms with van der Waals surface area (Å²) in [5.74, 6) is 0.398. The van der Waals surface area contributed by atoms with Crippen molar-refractivity contribution in [1.82, 2.24) is 0 Å². The van der Waals surface area contributed by atoms with Gasteiger partial charge in [-0.3, -0.25) is 0 Å². The van der Waals surface area contributed by atoms with Crippen LogP contribution in [0.2, 0.25) is 0 Å². The Labute approximate surface area is 114 Å². The van der Waals surface area contributed by atoms with E-state index in [1.165, 1.54) is 5.56 Å². The summed E-state index contributed by atoms with van der Waals surface area (Å²) in [6, 6.07) is 13.7. The van der Waals surface area contributed by atoms with Crippen LogP contribution in [-0.4, -0.2) is 0 Å². The van der Waals surface area contributed by atoms with Crippen molar-refractivity contribution in [3.05, 3.63) is 65.0 Å². The Kier molecular flexibility index (Phi) is 4.20. The smallest absolute Gasteiger partial charge is 0.126 e. The second-order valence-electron chi connectivity index (χ2n) is 5.21. The van der Waals surface area contributed by atoms with Crippen LogP contribution in [0.25, 0.3) is 0 Å². The number of aryl methyl sites for hydroxylation is 1. The molecule has 2 heteroatoms. The number of rotatable bonds is 4. The molecule has 0 atom stereocenters. The van der Waals surface area contributed by atoms with Gasteiger partial charge in [0.15, 0.2) is 0 Å². The molecule has 2 aromatic carbocycles. The fourth-order valence-electron chi connectivity index (χ4n) is 1.94. The van der Waals surface area contributed by atoms with E-state index in [1.54, 1.807) is 13.0 Å². The lowest BCUT2D eigenvalue weighted by molar-refractivity contribution is 0.616. The first kappa shape index (κ1) is 13.6. The van der Waals surface area contributed by atoms with Crippen molar-refractivity contribution in [1.29, 1.82) is 0 Å². The van der Waals surface area contributed by atoms with Gasteiger partial charge in [0, 0.05) is 12.2 Å². The maximum Gasteiger partial charge on any atom is 0.126 e. The fraction of sp³-hybridized carbons (Fsp3) is 0.294. The van der Waals surface area contributed by atoms with Gasteiger partial charge in [0.25, 0.3) is 0 Å². The molecule has 1 nitrogen and oxygen atoms in total. The highest BCUT2D eigenvalue weighted by Gasteiger charge is 2.01. The van der Waals surface area contributed by atoms with Gasteiger partial charge in [-0.05, 0) is 47.7 Å². The molecule has 0 heterocycles. The van der Waals surface area contributed by atoms with Crippen LogP contribution >= 0.6 is 0 Å². The van der Waals surface area contributed by atoms with E-state index in [4.69, 9.17) is 0 Å². The summed E-state index contributed by atoms with van der Waals surface area (Å²) in [6.07, 6.45) is 0. The largest absolute Gasteiger partial charge is 0.381 e. The van der Waals surface area contributed by atoms with Crippen molar-refractivity contribution in [2.24, 2.45) is 0 Å². The molecule has 0 aliphatic rings. The Hall–Kier alpha value is -1.83. The SMILES string of the molecule is Cc1ccc(CNc2ccc(C(C)C)cc2)cc1F. The summed E-state index contributed by atoms with van der Waals surface area (Å²) < 4.78 is 13.4. The molecular formula is C17H20FN. The minimum atomic E-state index is -0.144. The van der Waals surface area contributed by atoms with Crippen LogP contribution in [-0.2, 0) is 6.54 Å². The molecule has 19 heavy (non-hydrogen) atoms. The van der Waals surface area contributed by atoms with Crippen molar-refractivity contribution in [2.45, 2.75) is 33.2 Å². The maximum absolute atomic E-state index is 13.4. The van der Waals surface area contributed by atoms with Crippen LogP contribution < -0.4 is 5.32 Å². The van der Waals surface area contributed by atoms with E-state index < -0.39 is 0 Å². The number of hydrogen-bond donors (Lipinski definition) is 1. The molecule has 2 rings (SSSR count). The molecule has 0 unspecified atom stereocenters. The van der Waals surface area contributed by atoms with E-state index in [0.717, 1.165) is 11.3 Å². The third-order valence-electron chi connectivity index (χ3n) is 3.31. The van der Waals surface area contributed by atoms with E-state index in [1.807, 2.05) is 12.1 Å². The van der Waals surface area contributed by atoms with Crippen molar-refractivity contribution < 1.29 is 4.39 Å². The van der Waals surface area contributed by atoms with Crippen LogP contribution in [0.3, 0.4) is 0 Å². The van der Waals surface area contributed by atoms with E-state index in [0.29, 0.717) is 18.0 Å². The number of halogens is 1. The molecule has 0 aliphatic heterocycles. The van der Waals surface area contributed by atoms with E-state index in [9.17, 15) is 4.39 Å². The molecule has 0 aromatic heterocycles. The lowest BCUT2D eigenvalue weighted by Gasteiger charge is -2.10. The highest BCUT2D eigenvalue weighted by molar-refractivity contribution is 5.45. The summed E-state index contributed by atoms with van der Waals surface area (Å²) in [7, 11) is 0. The molecular weight excluding hydrogens is 237 g/mol. The van der Waals surface area contributed by atoms with Crippen LogP contribution in [0.4, 0.5) is 10.1 Å². The predicted molar refractivity (Wildman–Crippen MR) is 79.0 cm³/mol. The van der Waals surface area contributed by atoms with E-state index in [2.05, 4.69) is 43.4 Å². The molecule has 0 saturated carbocycles. The Bertz CT molecular complexity index is 544. The zero-order valence-electron chi connectivity index (χ0n) is 11.7. The van der Waals surface area contributed by atoms with Gasteiger partial charge >= 0.3 is 0 Å². The van der Waals surface area contributed by atoms with E-state index in [-0.39, 0.29) is 5.82 Å². The van der Waals surface area contributed by atoms with Crippen LogP contribution in [0.15, 0.2) is 42.5 Å². The zero-order chi connectivity index (χ0) is 13.8. The summed E-state index contributed by atoms with van der Waals surface area (Å²) in [5.41, 5.74) is 4.03. The Balaban J connectivity index is 2.00. The van der Waals surface area contributed by atoms with Gasteiger partial charge in [-0.1, -0.05) is 38.1 Å². The number of benzene rings is 2. The Morgan fingerprint density at radius 2 is 1.74 bits per heavy atom. The molecule has 0 bridgehead atoms. The van der Waals surface area contributed by atoms with Gasteiger partial charge in [0.05, 0.1) is 0 Å². The number of anilines is 1. The lowest BCUT2D eigenvalue weighted by atomic mass is 10.0. The van der Waals surface area contributed by atoms with Gasteiger partial charge < -0.3 is 5.32 Å². The third-order valence-corrected chi connectivity index (χ3v) is 3.31. The van der Waals surface area contributed by atoms with E-state index >= 15 is 0 Å². The second kappa shape index (κ2) is 5.87. The minimum Gasteiger partial charge on any atom is -0.381 e. The standard InChI is InChI=1S/C17H20FN/c1-12(2)15-6-8-16(9-7-15)19-11-14-5-4-13(3)17(18)10-14/h4-10,12,19H,11H2,1-3H3. The summed E-state index contributed by atoms with van der Waals surface area (Å²) in [4.78, 5) is 0. The normalized spacial score (nSPS) is 10.8. The number of hydrogen-bond acceptors (Lipinski definition) is 1. The summed E-state index contributed by atoms with van der Waals surface area (Å²) in [5, 5.41) is 3.31. The van der Waals surface area contributed by atoms with Crippen LogP contribution in [0, 0.1) is 12.7 Å². The van der Waals surface area contributed by atoms with Gasteiger partial charge in [-0.15, -0.1) is 0 Å². The molecule has 2 aromatic rings. The first-order chi connectivity index (χ1) is 9.06. The topological polar surface area (TPSA) is 12.0 Å². The average Bonchev–Trinajstić information content (AvgIpc) is 2.40. The van der Waals surface area contributed by atoms with Gasteiger partial charge in [-0.25, -0.2) is 4.39 Å². The predicted octanol–water partition coefficient (Wildman–Crippen LogP) is 4.87. The van der Waals surface area contributed by atoms with Crippen LogP contribution in [0.1, 0.15) is 36.5 Å². The molecule has 0 spiro atoms. The van der Waals surface area contributed by atoms with Crippen molar-refractivity contribution in [2.75, 3.05) is 5.32 Å². The van der Waals surface area contributed by atoms with Gasteiger partial charge in [0.2, 0.25) is 0 Å². The maximum atomic E-state index is 13.4. The fourth-order valence-corrected chi connectivity index (χ4v) is 1.94.